The van der Waals surface area contributed by atoms with E-state index in [2.05, 4.69) is 10.3 Å². The molecule has 0 saturated heterocycles. The lowest BCUT2D eigenvalue weighted by atomic mass is 10.1. The molecule has 0 fully saturated rings. The van der Waals surface area contributed by atoms with Gasteiger partial charge in [-0.1, -0.05) is 29.8 Å². The van der Waals surface area contributed by atoms with Crippen LogP contribution in [-0.2, 0) is 11.3 Å². The molecule has 5 heteroatoms. The van der Waals surface area contributed by atoms with Crippen LogP contribution in [0.25, 0.3) is 0 Å². The van der Waals surface area contributed by atoms with E-state index < -0.39 is 5.97 Å². The maximum Gasteiger partial charge on any atom is 0.340 e. The zero-order valence-corrected chi connectivity index (χ0v) is 14.8. The van der Waals surface area contributed by atoms with Gasteiger partial charge in [-0.2, -0.15) is 0 Å². The molecule has 0 radical (unpaired) electrons. The van der Waals surface area contributed by atoms with E-state index in [9.17, 15) is 9.59 Å². The summed E-state index contributed by atoms with van der Waals surface area (Å²) < 4.78 is 5.24. The normalized spacial score (nSPS) is 10.8. The second-order valence-electron chi connectivity index (χ2n) is 6.25. The van der Waals surface area contributed by atoms with E-state index in [0.717, 1.165) is 5.56 Å². The molecule has 0 bridgehead atoms. The van der Waals surface area contributed by atoms with Crippen molar-refractivity contribution in [2.45, 2.75) is 47.3 Å². The number of esters is 1. The van der Waals surface area contributed by atoms with Gasteiger partial charge in [0.15, 0.2) is 0 Å². The molecule has 2 N–H and O–H groups in total. The van der Waals surface area contributed by atoms with Gasteiger partial charge >= 0.3 is 5.97 Å². The first kappa shape index (κ1) is 17.8. The Labute approximate surface area is 142 Å². The first-order valence-electron chi connectivity index (χ1n) is 8.03. The van der Waals surface area contributed by atoms with Crippen LogP contribution < -0.4 is 5.32 Å². The summed E-state index contributed by atoms with van der Waals surface area (Å²) in [6, 6.07) is 7.97. The number of ether oxygens (including phenoxy) is 1. The van der Waals surface area contributed by atoms with E-state index in [1.165, 1.54) is 5.56 Å². The van der Waals surface area contributed by atoms with Crippen molar-refractivity contribution in [1.82, 2.24) is 10.3 Å². The topological polar surface area (TPSA) is 71.2 Å². The molecular formula is C19H24N2O3. The molecule has 2 rings (SSSR count). The fraction of sp³-hybridized carbons (Fsp3) is 0.368. The number of hydrogen-bond donors (Lipinski definition) is 2. The molecule has 0 unspecified atom stereocenters. The van der Waals surface area contributed by atoms with E-state index >= 15 is 0 Å². The zero-order valence-electron chi connectivity index (χ0n) is 14.8. The number of carbonyl (C=O) groups is 2. The highest BCUT2D eigenvalue weighted by atomic mass is 16.5. The fourth-order valence-corrected chi connectivity index (χ4v) is 2.53. The largest absolute Gasteiger partial charge is 0.459 e. The van der Waals surface area contributed by atoms with Crippen molar-refractivity contribution in [2.24, 2.45) is 0 Å². The van der Waals surface area contributed by atoms with Crippen LogP contribution in [0.5, 0.6) is 0 Å². The second kappa shape index (κ2) is 7.34. The number of aryl methyl sites for hydroxylation is 2. The Balaban J connectivity index is 2.12. The molecule has 0 aliphatic rings. The number of hydrogen-bond acceptors (Lipinski definition) is 3. The lowest BCUT2D eigenvalue weighted by molar-refractivity contribution is 0.0376. The fourth-order valence-electron chi connectivity index (χ4n) is 2.53. The number of aromatic amines is 1. The molecule has 1 aromatic heterocycles. The highest BCUT2D eigenvalue weighted by Gasteiger charge is 2.23. The average molecular weight is 328 g/mol. The highest BCUT2D eigenvalue weighted by Crippen LogP contribution is 2.19. The van der Waals surface area contributed by atoms with Crippen molar-refractivity contribution in [3.63, 3.8) is 0 Å². The van der Waals surface area contributed by atoms with Crippen LogP contribution in [0.4, 0.5) is 0 Å². The Morgan fingerprint density at radius 3 is 2.33 bits per heavy atom. The van der Waals surface area contributed by atoms with Crippen LogP contribution in [-0.4, -0.2) is 23.0 Å². The molecule has 1 heterocycles. The molecule has 1 amide bonds. The Morgan fingerprint density at radius 2 is 1.75 bits per heavy atom. The molecule has 0 saturated carbocycles. The van der Waals surface area contributed by atoms with Crippen LogP contribution in [0.3, 0.4) is 0 Å². The van der Waals surface area contributed by atoms with E-state index in [1.54, 1.807) is 27.7 Å². The molecular weight excluding hydrogens is 304 g/mol. The van der Waals surface area contributed by atoms with Crippen LogP contribution in [0, 0.1) is 20.8 Å². The Kier molecular flexibility index (Phi) is 5.44. The molecule has 0 aliphatic carbocycles. The minimum absolute atomic E-state index is 0.204. The standard InChI is InChI=1S/C19H24N2O3/c1-11(2)24-19(23)16-13(4)17(21-14(16)5)18(22)20-10-15-8-6-12(3)7-9-15/h6-9,11,21H,10H2,1-5H3,(H,20,22). The lowest BCUT2D eigenvalue weighted by Crippen LogP contribution is -2.24. The van der Waals surface area contributed by atoms with Gasteiger partial charge in [0, 0.05) is 12.2 Å². The number of amides is 1. The summed E-state index contributed by atoms with van der Waals surface area (Å²) in [5.41, 5.74) is 4.28. The van der Waals surface area contributed by atoms with Gasteiger partial charge in [0.1, 0.15) is 5.69 Å². The van der Waals surface area contributed by atoms with Gasteiger partial charge in [-0.05, 0) is 45.7 Å². The maximum atomic E-state index is 12.4. The van der Waals surface area contributed by atoms with Gasteiger partial charge < -0.3 is 15.0 Å². The van der Waals surface area contributed by atoms with E-state index in [0.29, 0.717) is 29.1 Å². The number of rotatable bonds is 5. The quantitative estimate of drug-likeness (QED) is 0.826. The molecule has 128 valence electrons. The maximum absolute atomic E-state index is 12.4. The van der Waals surface area contributed by atoms with Crippen molar-refractivity contribution in [1.29, 1.82) is 0 Å². The van der Waals surface area contributed by atoms with Gasteiger partial charge in [-0.15, -0.1) is 0 Å². The third-order valence-corrected chi connectivity index (χ3v) is 3.79. The molecule has 0 spiro atoms. The number of aromatic nitrogens is 1. The molecule has 1 aromatic carbocycles. The second-order valence-corrected chi connectivity index (χ2v) is 6.25. The third-order valence-electron chi connectivity index (χ3n) is 3.79. The number of benzene rings is 1. The Morgan fingerprint density at radius 1 is 1.12 bits per heavy atom. The summed E-state index contributed by atoms with van der Waals surface area (Å²) in [6.45, 7) is 9.56. The van der Waals surface area contributed by atoms with Crippen molar-refractivity contribution in [3.05, 3.63) is 57.9 Å². The zero-order chi connectivity index (χ0) is 17.9. The summed E-state index contributed by atoms with van der Waals surface area (Å²) in [4.78, 5) is 27.6. The molecule has 5 nitrogen and oxygen atoms in total. The van der Waals surface area contributed by atoms with Crippen LogP contribution in [0.15, 0.2) is 24.3 Å². The summed E-state index contributed by atoms with van der Waals surface area (Å²) >= 11 is 0. The van der Waals surface area contributed by atoms with E-state index in [-0.39, 0.29) is 12.0 Å². The highest BCUT2D eigenvalue weighted by molar-refractivity contribution is 6.00. The minimum atomic E-state index is -0.408. The molecule has 0 aliphatic heterocycles. The number of nitrogens with one attached hydrogen (secondary N) is 2. The van der Waals surface area contributed by atoms with Crippen LogP contribution in [0.1, 0.15) is 57.1 Å². The summed E-state index contributed by atoms with van der Waals surface area (Å²) in [5, 5.41) is 2.87. The molecule has 0 atom stereocenters. The van der Waals surface area contributed by atoms with Gasteiger partial charge in [0.05, 0.1) is 11.7 Å². The number of H-pyrrole nitrogens is 1. The van der Waals surface area contributed by atoms with Crippen LogP contribution >= 0.6 is 0 Å². The third kappa shape index (κ3) is 4.04. The summed E-state index contributed by atoms with van der Waals surface area (Å²) in [6.07, 6.45) is -0.204. The lowest BCUT2D eigenvalue weighted by Gasteiger charge is -2.08. The van der Waals surface area contributed by atoms with Crippen molar-refractivity contribution >= 4 is 11.9 Å². The predicted molar refractivity (Wildman–Crippen MR) is 93.2 cm³/mol. The first-order valence-corrected chi connectivity index (χ1v) is 8.03. The van der Waals surface area contributed by atoms with Gasteiger partial charge in [-0.3, -0.25) is 4.79 Å². The van der Waals surface area contributed by atoms with Gasteiger partial charge in [0.2, 0.25) is 0 Å². The predicted octanol–water partition coefficient (Wildman–Crippen LogP) is 3.44. The Hall–Kier alpha value is -2.56. The summed E-state index contributed by atoms with van der Waals surface area (Å²) in [7, 11) is 0. The van der Waals surface area contributed by atoms with Crippen LogP contribution in [0.2, 0.25) is 0 Å². The van der Waals surface area contributed by atoms with E-state index in [1.807, 2.05) is 31.2 Å². The Bertz CT molecular complexity index is 743. The van der Waals surface area contributed by atoms with Gasteiger partial charge in [0.25, 0.3) is 5.91 Å². The van der Waals surface area contributed by atoms with Crippen molar-refractivity contribution in [3.8, 4) is 0 Å². The van der Waals surface area contributed by atoms with Crippen molar-refractivity contribution < 1.29 is 14.3 Å². The molecule has 24 heavy (non-hydrogen) atoms. The van der Waals surface area contributed by atoms with E-state index in [4.69, 9.17) is 4.74 Å². The van der Waals surface area contributed by atoms with Crippen molar-refractivity contribution in [2.75, 3.05) is 0 Å². The monoisotopic (exact) mass is 328 g/mol. The summed E-state index contributed by atoms with van der Waals surface area (Å²) in [5.74, 6) is -0.645. The minimum Gasteiger partial charge on any atom is -0.459 e. The SMILES string of the molecule is Cc1ccc(CNC(=O)c2[nH]c(C)c(C(=O)OC(C)C)c2C)cc1. The first-order chi connectivity index (χ1) is 11.3. The number of carbonyl (C=O) groups excluding carboxylic acids is 2. The van der Waals surface area contributed by atoms with Gasteiger partial charge in [-0.25, -0.2) is 4.79 Å². The average Bonchev–Trinajstić information content (AvgIpc) is 2.80. The molecule has 2 aromatic rings. The smallest absolute Gasteiger partial charge is 0.340 e.